The lowest BCUT2D eigenvalue weighted by Crippen LogP contribution is -2.27. The first-order chi connectivity index (χ1) is 9.04. The number of aryl methyl sites for hydroxylation is 2. The zero-order valence-electron chi connectivity index (χ0n) is 12.5. The maximum atomic E-state index is 11.3. The Morgan fingerprint density at radius 2 is 2.05 bits per heavy atom. The zero-order valence-corrected chi connectivity index (χ0v) is 12.5. The molecule has 2 rings (SSSR count). The normalized spacial score (nSPS) is 20.7. The number of rotatable bonds is 3. The van der Waals surface area contributed by atoms with Gasteiger partial charge in [0, 0.05) is 20.1 Å². The Balaban J connectivity index is 2.21. The van der Waals surface area contributed by atoms with Crippen molar-refractivity contribution in [3.63, 3.8) is 0 Å². The zero-order chi connectivity index (χ0) is 14.0. The first-order valence-corrected chi connectivity index (χ1v) is 7.28. The average Bonchev–Trinajstić information content (AvgIpc) is 2.56. The molecule has 1 aliphatic rings. The molecule has 0 radical (unpaired) electrons. The predicted molar refractivity (Wildman–Crippen MR) is 77.7 cm³/mol. The molecule has 0 aliphatic carbocycles. The second-order valence-corrected chi connectivity index (χ2v) is 5.99. The minimum absolute atomic E-state index is 0.749. The molecule has 0 spiro atoms. The predicted octanol–water partition coefficient (Wildman–Crippen LogP) is 2.80. The van der Waals surface area contributed by atoms with E-state index in [1.165, 1.54) is 19.3 Å². The molecule has 4 heteroatoms. The smallest absolute Gasteiger partial charge is 0.155 e. The molecule has 1 atom stereocenters. The molecule has 1 fully saturated rings. The summed E-state index contributed by atoms with van der Waals surface area (Å²) in [6, 6.07) is 0. The van der Waals surface area contributed by atoms with Gasteiger partial charge in [-0.1, -0.05) is 13.8 Å². The van der Waals surface area contributed by atoms with Crippen molar-refractivity contribution in [3.05, 3.63) is 11.3 Å². The summed E-state index contributed by atoms with van der Waals surface area (Å²) in [5.74, 6) is 2.55. The third-order valence-electron chi connectivity index (χ3n) is 4.37. The van der Waals surface area contributed by atoms with Crippen LogP contribution in [0.5, 0.6) is 0 Å². The molecule has 1 saturated heterocycles. The van der Waals surface area contributed by atoms with Gasteiger partial charge < -0.3 is 4.90 Å². The maximum Gasteiger partial charge on any atom is 0.155 e. The Hall–Kier alpha value is -1.32. The van der Waals surface area contributed by atoms with Crippen LogP contribution < -0.4 is 4.90 Å². The van der Waals surface area contributed by atoms with E-state index >= 15 is 0 Å². The van der Waals surface area contributed by atoms with Crippen LogP contribution in [-0.2, 0) is 7.05 Å². The number of hydrogen-bond donors (Lipinski definition) is 0. The minimum atomic E-state index is 0.749. The largest absolute Gasteiger partial charge is 0.356 e. The van der Waals surface area contributed by atoms with Crippen LogP contribution >= 0.6 is 0 Å². The fourth-order valence-corrected chi connectivity index (χ4v) is 3.18. The highest BCUT2D eigenvalue weighted by molar-refractivity contribution is 5.84. The number of aromatic nitrogens is 2. The van der Waals surface area contributed by atoms with E-state index in [2.05, 4.69) is 23.8 Å². The summed E-state index contributed by atoms with van der Waals surface area (Å²) in [5.41, 5.74) is 1.59. The van der Waals surface area contributed by atoms with E-state index in [1.54, 1.807) is 0 Å². The van der Waals surface area contributed by atoms with E-state index in [0.29, 0.717) is 0 Å². The molecule has 19 heavy (non-hydrogen) atoms. The summed E-state index contributed by atoms with van der Waals surface area (Å²) in [4.78, 5) is 13.6. The molecule has 106 valence electrons. The van der Waals surface area contributed by atoms with E-state index in [0.717, 1.165) is 48.3 Å². The number of aldehydes is 1. The van der Waals surface area contributed by atoms with Gasteiger partial charge in [0.15, 0.2) is 6.29 Å². The Morgan fingerprint density at radius 3 is 2.68 bits per heavy atom. The van der Waals surface area contributed by atoms with Crippen molar-refractivity contribution in [1.29, 1.82) is 0 Å². The Morgan fingerprint density at radius 1 is 1.32 bits per heavy atom. The van der Waals surface area contributed by atoms with Crippen LogP contribution in [0.25, 0.3) is 0 Å². The molecule has 1 aromatic heterocycles. The highest BCUT2D eigenvalue weighted by Gasteiger charge is 2.24. The van der Waals surface area contributed by atoms with Gasteiger partial charge in [0.2, 0.25) is 0 Å². The molecule has 0 N–H and O–H groups in total. The van der Waals surface area contributed by atoms with Gasteiger partial charge in [-0.25, -0.2) is 0 Å². The number of carbonyl (C=O) groups is 1. The summed E-state index contributed by atoms with van der Waals surface area (Å²) < 4.78 is 1.86. The van der Waals surface area contributed by atoms with E-state index < -0.39 is 0 Å². The lowest BCUT2D eigenvalue weighted by atomic mass is 9.89. The summed E-state index contributed by atoms with van der Waals surface area (Å²) >= 11 is 0. The molecular formula is C15H25N3O. The number of hydrogen-bond acceptors (Lipinski definition) is 3. The van der Waals surface area contributed by atoms with Crippen molar-refractivity contribution in [2.75, 3.05) is 18.0 Å². The van der Waals surface area contributed by atoms with Gasteiger partial charge in [-0.15, -0.1) is 0 Å². The monoisotopic (exact) mass is 263 g/mol. The van der Waals surface area contributed by atoms with Crippen molar-refractivity contribution >= 4 is 12.1 Å². The van der Waals surface area contributed by atoms with E-state index in [4.69, 9.17) is 0 Å². The van der Waals surface area contributed by atoms with Crippen LogP contribution in [0, 0.1) is 18.8 Å². The minimum Gasteiger partial charge on any atom is -0.356 e. The van der Waals surface area contributed by atoms with Crippen molar-refractivity contribution in [2.45, 2.75) is 40.0 Å². The Kier molecular flexibility index (Phi) is 4.27. The fourth-order valence-electron chi connectivity index (χ4n) is 3.18. The standard InChI is InChI=1S/C15H25N3O/c1-11(2)13-6-5-8-18(9-7-13)15-14(10-19)12(3)16-17(15)4/h10-11,13H,5-9H2,1-4H3. The first-order valence-electron chi connectivity index (χ1n) is 7.28. The Bertz CT molecular complexity index is 450. The van der Waals surface area contributed by atoms with Gasteiger partial charge >= 0.3 is 0 Å². The van der Waals surface area contributed by atoms with E-state index in [1.807, 2.05) is 18.7 Å². The van der Waals surface area contributed by atoms with E-state index in [9.17, 15) is 4.79 Å². The van der Waals surface area contributed by atoms with Crippen LogP contribution in [0.3, 0.4) is 0 Å². The molecule has 0 amide bonds. The van der Waals surface area contributed by atoms with Gasteiger partial charge in [0.1, 0.15) is 5.82 Å². The SMILES string of the molecule is Cc1nn(C)c(N2CCCC(C(C)C)CC2)c1C=O. The van der Waals surface area contributed by atoms with Gasteiger partial charge in [0.25, 0.3) is 0 Å². The fraction of sp³-hybridized carbons (Fsp3) is 0.733. The summed E-state index contributed by atoms with van der Waals surface area (Å²) in [7, 11) is 1.93. The molecule has 0 saturated carbocycles. The maximum absolute atomic E-state index is 11.3. The topological polar surface area (TPSA) is 38.1 Å². The third kappa shape index (κ3) is 2.82. The molecule has 1 aromatic rings. The van der Waals surface area contributed by atoms with Crippen LogP contribution in [-0.4, -0.2) is 29.2 Å². The summed E-state index contributed by atoms with van der Waals surface area (Å²) in [5, 5.41) is 4.39. The van der Waals surface area contributed by atoms with Gasteiger partial charge in [-0.2, -0.15) is 5.10 Å². The number of anilines is 1. The Labute approximate surface area is 115 Å². The van der Waals surface area contributed by atoms with Gasteiger partial charge in [-0.05, 0) is 38.0 Å². The van der Waals surface area contributed by atoms with Crippen LogP contribution in [0.2, 0.25) is 0 Å². The lowest BCUT2D eigenvalue weighted by molar-refractivity contribution is 0.112. The van der Waals surface area contributed by atoms with Gasteiger partial charge in [-0.3, -0.25) is 9.48 Å². The highest BCUT2D eigenvalue weighted by Crippen LogP contribution is 2.29. The molecule has 0 bridgehead atoms. The molecule has 4 nitrogen and oxygen atoms in total. The van der Waals surface area contributed by atoms with Crippen molar-refractivity contribution in [2.24, 2.45) is 18.9 Å². The second kappa shape index (κ2) is 5.76. The average molecular weight is 263 g/mol. The van der Waals surface area contributed by atoms with Crippen molar-refractivity contribution in [3.8, 4) is 0 Å². The molecule has 1 aliphatic heterocycles. The third-order valence-corrected chi connectivity index (χ3v) is 4.37. The first kappa shape index (κ1) is 14.1. The van der Waals surface area contributed by atoms with Crippen LogP contribution in [0.4, 0.5) is 5.82 Å². The molecule has 0 aromatic carbocycles. The number of nitrogens with zero attached hydrogens (tertiary/aromatic N) is 3. The molecule has 1 unspecified atom stereocenters. The quantitative estimate of drug-likeness (QED) is 0.787. The number of carbonyl (C=O) groups excluding carboxylic acids is 1. The van der Waals surface area contributed by atoms with Crippen molar-refractivity contribution in [1.82, 2.24) is 9.78 Å². The molecular weight excluding hydrogens is 238 g/mol. The summed E-state index contributed by atoms with van der Waals surface area (Å²) in [6.45, 7) is 8.59. The van der Waals surface area contributed by atoms with Crippen LogP contribution in [0.15, 0.2) is 0 Å². The van der Waals surface area contributed by atoms with Crippen LogP contribution in [0.1, 0.15) is 49.2 Å². The van der Waals surface area contributed by atoms with Crippen molar-refractivity contribution < 1.29 is 4.79 Å². The lowest BCUT2D eigenvalue weighted by Gasteiger charge is -2.24. The van der Waals surface area contributed by atoms with Gasteiger partial charge in [0.05, 0.1) is 11.3 Å². The molecule has 2 heterocycles. The highest BCUT2D eigenvalue weighted by atomic mass is 16.1. The van der Waals surface area contributed by atoms with E-state index in [-0.39, 0.29) is 0 Å². The summed E-state index contributed by atoms with van der Waals surface area (Å²) in [6.07, 6.45) is 4.65. The second-order valence-electron chi connectivity index (χ2n) is 5.99.